The van der Waals surface area contributed by atoms with Gasteiger partial charge in [0.05, 0.1) is 16.3 Å². The van der Waals surface area contributed by atoms with Crippen molar-refractivity contribution in [3.05, 3.63) is 67.5 Å². The summed E-state index contributed by atoms with van der Waals surface area (Å²) in [6, 6.07) is 9.80. The summed E-state index contributed by atoms with van der Waals surface area (Å²) in [6.45, 7) is 4.78. The lowest BCUT2D eigenvalue weighted by molar-refractivity contribution is 0.0410. The largest absolute Gasteiger partial charge is 0.466 e. The smallest absolute Gasteiger partial charge is 0.270 e. The summed E-state index contributed by atoms with van der Waals surface area (Å²) >= 11 is 1.42. The predicted octanol–water partition coefficient (Wildman–Crippen LogP) is 1.68. The lowest BCUT2D eigenvalue weighted by Gasteiger charge is -2.39. The van der Waals surface area contributed by atoms with Crippen LogP contribution in [0.1, 0.15) is 37.6 Å². The Kier molecular flexibility index (Phi) is 3.24. The number of hydrogen-bond acceptors (Lipinski definition) is 5. The highest BCUT2D eigenvalue weighted by Gasteiger charge is 2.42. The topological polar surface area (TPSA) is 61.4 Å². The zero-order chi connectivity index (χ0) is 17.9. The molecule has 2 atom stereocenters. The first-order valence-corrected chi connectivity index (χ1v) is 9.52. The van der Waals surface area contributed by atoms with E-state index in [1.807, 2.05) is 59.5 Å². The number of para-hydroxylation sites is 1. The third-order valence-electron chi connectivity index (χ3n) is 4.99. The minimum Gasteiger partial charge on any atom is -0.466 e. The molecule has 0 spiro atoms. The maximum Gasteiger partial charge on any atom is 0.270 e. The fourth-order valence-corrected chi connectivity index (χ4v) is 4.91. The summed E-state index contributed by atoms with van der Waals surface area (Å²) in [4.78, 5) is 18.7. The van der Waals surface area contributed by atoms with Crippen LogP contribution in [0, 0.1) is 0 Å². The van der Waals surface area contributed by atoms with Crippen molar-refractivity contribution < 1.29 is 4.74 Å². The van der Waals surface area contributed by atoms with Crippen LogP contribution in [-0.4, -0.2) is 20.1 Å². The van der Waals surface area contributed by atoms with Gasteiger partial charge in [-0.25, -0.2) is 4.99 Å². The highest BCUT2D eigenvalue weighted by atomic mass is 32.1. The number of thiazole rings is 1. The first-order chi connectivity index (χ1) is 12.6. The van der Waals surface area contributed by atoms with Crippen LogP contribution in [0.15, 0.2) is 46.3 Å². The fraction of sp³-hybridized carbons (Fsp3) is 0.316. The first-order valence-electron chi connectivity index (χ1n) is 8.71. The van der Waals surface area contributed by atoms with Gasteiger partial charge in [-0.2, -0.15) is 5.10 Å². The summed E-state index contributed by atoms with van der Waals surface area (Å²) in [5.74, 6) is 0.813. The predicted molar refractivity (Wildman–Crippen MR) is 99.1 cm³/mol. The number of aromatic nitrogens is 3. The Morgan fingerprint density at radius 1 is 1.38 bits per heavy atom. The SMILES string of the molecule is CCn1nccc1/C=c1\sc2n(c1=O)[C@@H]1C[C@](C)(N=2)Oc2ccccc21. The second-order valence-corrected chi connectivity index (χ2v) is 7.80. The molecule has 5 rings (SSSR count). The molecule has 0 N–H and O–H groups in total. The second kappa shape index (κ2) is 5.41. The molecular weight excluding hydrogens is 348 g/mol. The molecule has 0 fully saturated rings. The molecule has 0 radical (unpaired) electrons. The Labute approximate surface area is 153 Å². The van der Waals surface area contributed by atoms with Gasteiger partial charge in [-0.05, 0) is 32.1 Å². The second-order valence-electron chi connectivity index (χ2n) is 6.79. The molecule has 7 heteroatoms. The van der Waals surface area contributed by atoms with Gasteiger partial charge in [0.25, 0.3) is 5.56 Å². The van der Waals surface area contributed by atoms with Gasteiger partial charge in [-0.15, -0.1) is 0 Å². The molecule has 2 bridgehead atoms. The summed E-state index contributed by atoms with van der Waals surface area (Å²) < 4.78 is 10.5. The monoisotopic (exact) mass is 366 g/mol. The highest BCUT2D eigenvalue weighted by molar-refractivity contribution is 7.07. The van der Waals surface area contributed by atoms with Crippen molar-refractivity contribution in [1.82, 2.24) is 14.3 Å². The van der Waals surface area contributed by atoms with Crippen LogP contribution < -0.4 is 19.6 Å². The van der Waals surface area contributed by atoms with E-state index in [1.165, 1.54) is 11.3 Å². The molecule has 2 aromatic heterocycles. The van der Waals surface area contributed by atoms with E-state index in [4.69, 9.17) is 9.73 Å². The van der Waals surface area contributed by atoms with Crippen LogP contribution in [0.3, 0.4) is 0 Å². The number of fused-ring (bicyclic) bond motifs is 6. The maximum atomic E-state index is 13.2. The van der Waals surface area contributed by atoms with E-state index in [1.54, 1.807) is 6.20 Å². The molecule has 0 unspecified atom stereocenters. The molecule has 132 valence electrons. The standard InChI is InChI=1S/C19H18N4O2S/c1-3-22-12(8-9-20-22)10-16-17(24)23-14-11-19(2,21-18(23)26-16)25-15-7-5-4-6-13(14)15/h4-10,14H,3,11H2,1-2H3/b16-10-/t14-,19-/m1/s1. The molecule has 4 heterocycles. The number of nitrogens with zero attached hydrogens (tertiary/aromatic N) is 4. The number of ether oxygens (including phenoxy) is 1. The van der Waals surface area contributed by atoms with Crippen molar-refractivity contribution in [2.75, 3.05) is 0 Å². The molecule has 26 heavy (non-hydrogen) atoms. The van der Waals surface area contributed by atoms with Gasteiger partial charge >= 0.3 is 0 Å². The molecule has 0 saturated carbocycles. The number of benzene rings is 1. The van der Waals surface area contributed by atoms with Gasteiger partial charge in [0.1, 0.15) is 5.75 Å². The quantitative estimate of drug-likeness (QED) is 0.693. The molecule has 0 aliphatic carbocycles. The van der Waals surface area contributed by atoms with E-state index in [0.717, 1.165) is 28.4 Å². The molecule has 6 nitrogen and oxygen atoms in total. The Balaban J connectivity index is 1.76. The van der Waals surface area contributed by atoms with Gasteiger partial charge in [-0.1, -0.05) is 29.5 Å². The summed E-state index contributed by atoms with van der Waals surface area (Å²) in [6.07, 6.45) is 4.33. The van der Waals surface area contributed by atoms with Gasteiger partial charge in [-0.3, -0.25) is 14.0 Å². The normalized spacial score (nSPS) is 23.8. The van der Waals surface area contributed by atoms with Gasteiger partial charge in [0.2, 0.25) is 5.72 Å². The van der Waals surface area contributed by atoms with Crippen molar-refractivity contribution in [2.24, 2.45) is 4.99 Å². The average Bonchev–Trinajstić information content (AvgIpc) is 3.19. The molecule has 3 aromatic rings. The Morgan fingerprint density at radius 2 is 2.23 bits per heavy atom. The van der Waals surface area contributed by atoms with Crippen LogP contribution in [0.5, 0.6) is 5.75 Å². The highest BCUT2D eigenvalue weighted by Crippen LogP contribution is 2.42. The zero-order valence-corrected chi connectivity index (χ0v) is 15.4. The van der Waals surface area contributed by atoms with Gasteiger partial charge < -0.3 is 4.74 Å². The van der Waals surface area contributed by atoms with E-state index in [-0.39, 0.29) is 11.6 Å². The Hall–Kier alpha value is -2.67. The minimum absolute atomic E-state index is 0.00126. The van der Waals surface area contributed by atoms with Crippen molar-refractivity contribution >= 4 is 17.4 Å². The minimum atomic E-state index is -0.626. The van der Waals surface area contributed by atoms with Crippen LogP contribution in [0.4, 0.5) is 0 Å². The maximum absolute atomic E-state index is 13.2. The number of hydrogen-bond donors (Lipinski definition) is 0. The van der Waals surface area contributed by atoms with E-state index in [2.05, 4.69) is 5.10 Å². The third-order valence-corrected chi connectivity index (χ3v) is 5.97. The molecule has 1 aromatic carbocycles. The van der Waals surface area contributed by atoms with Crippen molar-refractivity contribution in [1.29, 1.82) is 0 Å². The lowest BCUT2D eigenvalue weighted by Crippen LogP contribution is -2.49. The third kappa shape index (κ3) is 2.20. The van der Waals surface area contributed by atoms with E-state index >= 15 is 0 Å². The molecule has 0 saturated heterocycles. The summed E-state index contributed by atoms with van der Waals surface area (Å²) in [5, 5.41) is 4.27. The number of aryl methyl sites for hydroxylation is 1. The van der Waals surface area contributed by atoms with Crippen LogP contribution >= 0.6 is 11.3 Å². The van der Waals surface area contributed by atoms with Crippen molar-refractivity contribution in [3.63, 3.8) is 0 Å². The van der Waals surface area contributed by atoms with Crippen LogP contribution in [0.25, 0.3) is 6.08 Å². The van der Waals surface area contributed by atoms with Crippen LogP contribution in [0.2, 0.25) is 0 Å². The van der Waals surface area contributed by atoms with Gasteiger partial charge in [0, 0.05) is 24.7 Å². The zero-order valence-electron chi connectivity index (χ0n) is 14.5. The lowest BCUT2D eigenvalue weighted by atomic mass is 9.93. The molecule has 0 amide bonds. The first kappa shape index (κ1) is 15.6. The van der Waals surface area contributed by atoms with E-state index in [9.17, 15) is 4.79 Å². The van der Waals surface area contributed by atoms with Crippen molar-refractivity contribution in [2.45, 2.75) is 38.6 Å². The van der Waals surface area contributed by atoms with Gasteiger partial charge in [0.15, 0.2) is 4.80 Å². The Bertz CT molecular complexity index is 1190. The molecular formula is C19H18N4O2S. The fourth-order valence-electron chi connectivity index (χ4n) is 3.80. The molecule has 2 aliphatic rings. The summed E-state index contributed by atoms with van der Waals surface area (Å²) in [7, 11) is 0. The van der Waals surface area contributed by atoms with Crippen LogP contribution in [-0.2, 0) is 6.54 Å². The van der Waals surface area contributed by atoms with Crippen molar-refractivity contribution in [3.8, 4) is 5.75 Å². The van der Waals surface area contributed by atoms with E-state index in [0.29, 0.717) is 11.0 Å². The van der Waals surface area contributed by atoms with E-state index < -0.39 is 5.72 Å². The number of rotatable bonds is 2. The summed E-state index contributed by atoms with van der Waals surface area (Å²) in [5.41, 5.74) is 1.35. The molecule has 2 aliphatic heterocycles. The Morgan fingerprint density at radius 3 is 3.08 bits per heavy atom. The average molecular weight is 366 g/mol.